The van der Waals surface area contributed by atoms with Gasteiger partial charge in [0.15, 0.2) is 0 Å². The maximum Gasteiger partial charge on any atom is 0.0246 e. The number of hydrogen-bond acceptors (Lipinski definition) is 0. The average Bonchev–Trinajstić information content (AvgIpc) is 3.14. The summed E-state index contributed by atoms with van der Waals surface area (Å²) in [5.41, 5.74) is 6.51. The van der Waals surface area contributed by atoms with Gasteiger partial charge in [-0.15, -0.1) is 0 Å². The quantitative estimate of drug-likeness (QED) is 0.597. The van der Waals surface area contributed by atoms with Crippen LogP contribution in [0.1, 0.15) is 36.8 Å². The smallest absolute Gasteiger partial charge is 0.0246 e. The third-order valence-electron chi connectivity index (χ3n) is 6.01. The fourth-order valence-electron chi connectivity index (χ4n) is 5.36. The highest BCUT2D eigenvalue weighted by molar-refractivity contribution is 9.10. The van der Waals surface area contributed by atoms with Crippen molar-refractivity contribution in [2.24, 2.45) is 11.8 Å². The van der Waals surface area contributed by atoms with Gasteiger partial charge in [-0.3, -0.25) is 0 Å². The first-order chi connectivity index (χ1) is 9.79. The molecule has 100 valence electrons. The van der Waals surface area contributed by atoms with E-state index in [2.05, 4.69) is 58.4 Å². The van der Waals surface area contributed by atoms with Gasteiger partial charge in [-0.2, -0.15) is 0 Å². The van der Waals surface area contributed by atoms with Crippen LogP contribution in [0.2, 0.25) is 0 Å². The van der Waals surface area contributed by atoms with Crippen molar-refractivity contribution in [1.82, 2.24) is 0 Å². The van der Waals surface area contributed by atoms with Crippen LogP contribution < -0.4 is 0 Å². The van der Waals surface area contributed by atoms with Gasteiger partial charge in [0.05, 0.1) is 0 Å². The van der Waals surface area contributed by atoms with Crippen LogP contribution in [0.3, 0.4) is 0 Å². The Morgan fingerprint density at radius 1 is 0.950 bits per heavy atom. The summed E-state index contributed by atoms with van der Waals surface area (Å²) in [5.74, 6) is 1.82. The molecule has 3 atom stereocenters. The highest BCUT2D eigenvalue weighted by atomic mass is 79.9. The van der Waals surface area contributed by atoms with Gasteiger partial charge in [0.1, 0.15) is 0 Å². The van der Waals surface area contributed by atoms with Crippen LogP contribution in [0.25, 0.3) is 11.1 Å². The molecule has 2 aromatic carbocycles. The largest absolute Gasteiger partial charge is 0.0619 e. The van der Waals surface area contributed by atoms with Gasteiger partial charge < -0.3 is 0 Å². The van der Waals surface area contributed by atoms with Crippen LogP contribution in [-0.2, 0) is 5.41 Å². The first kappa shape index (κ1) is 11.6. The maximum absolute atomic E-state index is 3.69. The molecule has 0 saturated heterocycles. The van der Waals surface area contributed by atoms with Crippen molar-refractivity contribution < 1.29 is 0 Å². The lowest BCUT2D eigenvalue weighted by Crippen LogP contribution is -2.31. The summed E-state index contributed by atoms with van der Waals surface area (Å²) in [7, 11) is 0. The molecule has 0 nitrogen and oxygen atoms in total. The Kier molecular flexibility index (Phi) is 2.18. The molecule has 3 aliphatic rings. The lowest BCUT2D eigenvalue weighted by atomic mass is 9.67. The van der Waals surface area contributed by atoms with Gasteiger partial charge in [-0.25, -0.2) is 0 Å². The first-order valence-corrected chi connectivity index (χ1v) is 8.48. The summed E-state index contributed by atoms with van der Waals surface area (Å²) < 4.78 is 1.23. The predicted molar refractivity (Wildman–Crippen MR) is 85.8 cm³/mol. The number of rotatable bonds is 0. The van der Waals surface area contributed by atoms with Crippen molar-refractivity contribution in [3.05, 3.63) is 58.1 Å². The SMILES string of the molecule is Brc1ccc2c(c1)C1(CC3CCC1C3)c1ccccc1-2. The first-order valence-electron chi connectivity index (χ1n) is 7.69. The topological polar surface area (TPSA) is 0 Å². The maximum atomic E-state index is 3.69. The van der Waals surface area contributed by atoms with E-state index in [0.717, 1.165) is 11.8 Å². The molecule has 0 N–H and O–H groups in total. The number of fused-ring (bicyclic) bond motifs is 8. The molecule has 1 spiro atoms. The van der Waals surface area contributed by atoms with Gasteiger partial charge in [-0.05, 0) is 65.5 Å². The molecule has 0 heterocycles. The van der Waals surface area contributed by atoms with E-state index in [1.54, 1.807) is 11.1 Å². The van der Waals surface area contributed by atoms with Gasteiger partial charge >= 0.3 is 0 Å². The molecule has 0 aliphatic heterocycles. The molecule has 2 aromatic rings. The second-order valence-corrected chi connectivity index (χ2v) is 7.70. The molecule has 0 aromatic heterocycles. The number of hydrogen-bond donors (Lipinski definition) is 0. The molecule has 3 unspecified atom stereocenters. The minimum absolute atomic E-state index is 0.332. The summed E-state index contributed by atoms with van der Waals surface area (Å²) in [4.78, 5) is 0. The van der Waals surface area contributed by atoms with Gasteiger partial charge in [0, 0.05) is 9.89 Å². The van der Waals surface area contributed by atoms with Crippen molar-refractivity contribution in [2.45, 2.75) is 31.1 Å². The molecule has 1 heteroatoms. The Morgan fingerprint density at radius 2 is 1.80 bits per heavy atom. The van der Waals surface area contributed by atoms with Crippen molar-refractivity contribution in [3.8, 4) is 11.1 Å². The van der Waals surface area contributed by atoms with Crippen LogP contribution in [-0.4, -0.2) is 0 Å². The van der Waals surface area contributed by atoms with E-state index in [1.807, 2.05) is 0 Å². The van der Waals surface area contributed by atoms with E-state index >= 15 is 0 Å². The fraction of sp³-hybridized carbons (Fsp3) is 0.368. The Morgan fingerprint density at radius 3 is 2.60 bits per heavy atom. The Hall–Kier alpha value is -1.08. The minimum Gasteiger partial charge on any atom is -0.0619 e. The normalized spacial score (nSPS) is 32.6. The highest BCUT2D eigenvalue weighted by Gasteiger charge is 2.56. The predicted octanol–water partition coefficient (Wildman–Crippen LogP) is 5.54. The molecule has 5 rings (SSSR count). The highest BCUT2D eigenvalue weighted by Crippen LogP contribution is 2.65. The molecule has 3 aliphatic carbocycles. The monoisotopic (exact) mass is 324 g/mol. The summed E-state index contributed by atoms with van der Waals surface area (Å²) >= 11 is 3.69. The van der Waals surface area contributed by atoms with Crippen molar-refractivity contribution in [1.29, 1.82) is 0 Å². The summed E-state index contributed by atoms with van der Waals surface area (Å²) in [5, 5.41) is 0. The third kappa shape index (κ3) is 1.24. The lowest BCUT2D eigenvalue weighted by molar-refractivity contribution is 0.327. The van der Waals surface area contributed by atoms with Crippen LogP contribution in [0.5, 0.6) is 0 Å². The van der Waals surface area contributed by atoms with E-state index in [9.17, 15) is 0 Å². The number of halogens is 1. The molecule has 2 fully saturated rings. The van der Waals surface area contributed by atoms with Crippen LogP contribution >= 0.6 is 15.9 Å². The zero-order chi connectivity index (χ0) is 13.3. The zero-order valence-electron chi connectivity index (χ0n) is 11.4. The summed E-state index contributed by atoms with van der Waals surface area (Å²) in [6.07, 6.45) is 5.70. The lowest BCUT2D eigenvalue weighted by Gasteiger charge is -2.36. The van der Waals surface area contributed by atoms with Gasteiger partial charge in [-0.1, -0.05) is 52.7 Å². The van der Waals surface area contributed by atoms with E-state index < -0.39 is 0 Å². The standard InChI is InChI=1S/C19H17Br/c20-14-7-8-16-15-3-1-2-4-17(15)19(18(16)10-14)11-12-5-6-13(19)9-12/h1-4,7-8,10,12-13H,5-6,9,11H2. The minimum atomic E-state index is 0.332. The second-order valence-electron chi connectivity index (χ2n) is 6.79. The van der Waals surface area contributed by atoms with Crippen molar-refractivity contribution >= 4 is 15.9 Å². The van der Waals surface area contributed by atoms with E-state index in [1.165, 1.54) is 41.3 Å². The molecular weight excluding hydrogens is 308 g/mol. The zero-order valence-corrected chi connectivity index (χ0v) is 13.0. The van der Waals surface area contributed by atoms with Crippen LogP contribution in [0, 0.1) is 11.8 Å². The Bertz CT molecular complexity index is 717. The molecular formula is C19H17Br. The number of benzene rings is 2. The van der Waals surface area contributed by atoms with Gasteiger partial charge in [0.2, 0.25) is 0 Å². The molecule has 20 heavy (non-hydrogen) atoms. The van der Waals surface area contributed by atoms with Crippen molar-refractivity contribution in [2.75, 3.05) is 0 Å². The fourth-order valence-corrected chi connectivity index (χ4v) is 5.72. The van der Waals surface area contributed by atoms with Crippen LogP contribution in [0.15, 0.2) is 46.9 Å². The molecule has 0 radical (unpaired) electrons. The average molecular weight is 325 g/mol. The Balaban J connectivity index is 1.86. The molecule has 2 bridgehead atoms. The van der Waals surface area contributed by atoms with Gasteiger partial charge in [0.25, 0.3) is 0 Å². The van der Waals surface area contributed by atoms with Crippen molar-refractivity contribution in [3.63, 3.8) is 0 Å². The molecule has 2 saturated carbocycles. The summed E-state index contributed by atoms with van der Waals surface area (Å²) in [6.45, 7) is 0. The third-order valence-corrected chi connectivity index (χ3v) is 6.50. The molecule has 0 amide bonds. The van der Waals surface area contributed by atoms with E-state index in [-0.39, 0.29) is 0 Å². The van der Waals surface area contributed by atoms with Crippen LogP contribution in [0.4, 0.5) is 0 Å². The Labute approximate surface area is 128 Å². The van der Waals surface area contributed by atoms with E-state index in [4.69, 9.17) is 0 Å². The second kappa shape index (κ2) is 3.76. The van der Waals surface area contributed by atoms with E-state index in [0.29, 0.717) is 5.41 Å². The summed E-state index contributed by atoms with van der Waals surface area (Å²) in [6, 6.07) is 16.0.